The minimum absolute atomic E-state index is 0.0349. The molecule has 0 spiro atoms. The molecule has 0 unspecified atom stereocenters. The maximum Gasteiger partial charge on any atom is 0.243 e. The fourth-order valence-corrected chi connectivity index (χ4v) is 4.92. The molecule has 0 aromatic heterocycles. The molecule has 1 heterocycles. The number of hydrogen-bond donors (Lipinski definition) is 1. The molecular formula is C17H15BrClFN2O3S. The number of amides is 1. The van der Waals surface area contributed by atoms with Gasteiger partial charge >= 0.3 is 0 Å². The number of hydrogen-bond acceptors (Lipinski definition) is 3. The number of benzene rings is 2. The third-order valence-corrected chi connectivity index (χ3v) is 6.80. The lowest BCUT2D eigenvalue weighted by Gasteiger charge is -2.23. The Balaban J connectivity index is 1.83. The van der Waals surface area contributed by atoms with Crippen molar-refractivity contribution in [2.45, 2.75) is 23.8 Å². The summed E-state index contributed by atoms with van der Waals surface area (Å²) in [5.74, 6) is -1.24. The van der Waals surface area contributed by atoms with Gasteiger partial charge in [-0.3, -0.25) is 4.79 Å². The number of anilines is 1. The van der Waals surface area contributed by atoms with Crippen molar-refractivity contribution in [3.63, 3.8) is 0 Å². The highest BCUT2D eigenvalue weighted by molar-refractivity contribution is 9.10. The number of carbonyl (C=O) groups excluding carboxylic acids is 1. The van der Waals surface area contributed by atoms with Crippen LogP contribution in [0.4, 0.5) is 10.1 Å². The van der Waals surface area contributed by atoms with Crippen LogP contribution in [0.25, 0.3) is 0 Å². The zero-order valence-electron chi connectivity index (χ0n) is 13.5. The van der Waals surface area contributed by atoms with E-state index in [1.165, 1.54) is 28.6 Å². The van der Waals surface area contributed by atoms with Gasteiger partial charge in [-0.1, -0.05) is 27.5 Å². The summed E-state index contributed by atoms with van der Waals surface area (Å²) in [7, 11) is -3.82. The van der Waals surface area contributed by atoms with Crippen LogP contribution >= 0.6 is 27.5 Å². The van der Waals surface area contributed by atoms with E-state index in [-0.39, 0.29) is 22.2 Å². The Hall–Kier alpha value is -1.48. The molecule has 2 aromatic carbocycles. The van der Waals surface area contributed by atoms with Crippen molar-refractivity contribution < 1.29 is 17.6 Å². The Morgan fingerprint density at radius 1 is 1.23 bits per heavy atom. The van der Waals surface area contributed by atoms with Gasteiger partial charge in [0.2, 0.25) is 15.9 Å². The molecule has 1 amide bonds. The summed E-state index contributed by atoms with van der Waals surface area (Å²) in [5.41, 5.74) is -0.0349. The van der Waals surface area contributed by atoms with E-state index in [0.29, 0.717) is 12.8 Å². The molecule has 1 saturated heterocycles. The minimum atomic E-state index is -3.82. The van der Waals surface area contributed by atoms with E-state index in [4.69, 9.17) is 11.6 Å². The van der Waals surface area contributed by atoms with Crippen molar-refractivity contribution in [1.29, 1.82) is 0 Å². The highest BCUT2D eigenvalue weighted by Crippen LogP contribution is 2.28. The highest BCUT2D eigenvalue weighted by Gasteiger charge is 2.39. The molecule has 138 valence electrons. The third-order valence-electron chi connectivity index (χ3n) is 4.12. The lowest BCUT2D eigenvalue weighted by molar-refractivity contribution is -0.119. The first-order valence-electron chi connectivity index (χ1n) is 7.82. The van der Waals surface area contributed by atoms with Gasteiger partial charge < -0.3 is 5.32 Å². The van der Waals surface area contributed by atoms with Crippen LogP contribution in [0.5, 0.6) is 0 Å². The maximum absolute atomic E-state index is 13.9. The van der Waals surface area contributed by atoms with Crippen molar-refractivity contribution >= 4 is 49.1 Å². The van der Waals surface area contributed by atoms with Gasteiger partial charge in [-0.15, -0.1) is 0 Å². The van der Waals surface area contributed by atoms with Crippen LogP contribution in [0.3, 0.4) is 0 Å². The lowest BCUT2D eigenvalue weighted by atomic mass is 10.2. The van der Waals surface area contributed by atoms with Crippen LogP contribution in [0.15, 0.2) is 51.8 Å². The van der Waals surface area contributed by atoms with Crippen LogP contribution in [-0.2, 0) is 14.8 Å². The second-order valence-electron chi connectivity index (χ2n) is 5.84. The number of nitrogens with one attached hydrogen (secondary N) is 1. The Morgan fingerprint density at radius 3 is 2.58 bits per heavy atom. The number of rotatable bonds is 4. The fourth-order valence-electron chi connectivity index (χ4n) is 2.84. The number of carbonyl (C=O) groups is 1. The van der Waals surface area contributed by atoms with Crippen LogP contribution in [-0.4, -0.2) is 31.2 Å². The SMILES string of the molecule is O=C(Nc1ccc(Cl)cc1F)[C@H]1CCCN1S(=O)(=O)c1ccc(Br)cc1. The second kappa shape index (κ2) is 7.64. The van der Waals surface area contributed by atoms with E-state index in [1.54, 1.807) is 12.1 Å². The molecule has 1 aliphatic heterocycles. The number of halogens is 3. The molecule has 0 aliphatic carbocycles. The molecule has 2 aromatic rings. The van der Waals surface area contributed by atoms with Crippen LogP contribution < -0.4 is 5.32 Å². The first-order valence-corrected chi connectivity index (χ1v) is 10.4. The summed E-state index contributed by atoms with van der Waals surface area (Å²) >= 11 is 8.96. The van der Waals surface area contributed by atoms with Crippen molar-refractivity contribution in [3.05, 3.63) is 57.8 Å². The summed E-state index contributed by atoms with van der Waals surface area (Å²) in [6.45, 7) is 0.236. The maximum atomic E-state index is 13.9. The molecule has 1 atom stereocenters. The number of sulfonamides is 1. The first kappa shape index (κ1) is 19.3. The monoisotopic (exact) mass is 460 g/mol. The van der Waals surface area contributed by atoms with Gasteiger partial charge in [-0.2, -0.15) is 4.31 Å². The highest BCUT2D eigenvalue weighted by atomic mass is 79.9. The molecule has 0 bridgehead atoms. The molecule has 26 heavy (non-hydrogen) atoms. The average Bonchev–Trinajstić information content (AvgIpc) is 3.08. The molecule has 1 fully saturated rings. The van der Waals surface area contributed by atoms with Gasteiger partial charge in [-0.05, 0) is 55.3 Å². The van der Waals surface area contributed by atoms with Crippen LogP contribution in [0.2, 0.25) is 5.02 Å². The van der Waals surface area contributed by atoms with Gasteiger partial charge in [-0.25, -0.2) is 12.8 Å². The van der Waals surface area contributed by atoms with E-state index in [0.717, 1.165) is 10.5 Å². The smallest absolute Gasteiger partial charge is 0.243 e. The van der Waals surface area contributed by atoms with Gasteiger partial charge in [0.05, 0.1) is 10.6 Å². The summed E-state index contributed by atoms with van der Waals surface area (Å²) < 4.78 is 41.5. The van der Waals surface area contributed by atoms with Crippen molar-refractivity contribution in [3.8, 4) is 0 Å². The summed E-state index contributed by atoms with van der Waals surface area (Å²) in [6.07, 6.45) is 0.924. The molecule has 1 aliphatic rings. The van der Waals surface area contributed by atoms with Gasteiger partial charge in [0, 0.05) is 16.0 Å². The predicted molar refractivity (Wildman–Crippen MR) is 101 cm³/mol. The lowest BCUT2D eigenvalue weighted by Crippen LogP contribution is -2.43. The largest absolute Gasteiger partial charge is 0.322 e. The Bertz CT molecular complexity index is 938. The molecule has 9 heteroatoms. The normalized spacial score (nSPS) is 18.0. The van der Waals surface area contributed by atoms with Gasteiger partial charge in [0.15, 0.2) is 0 Å². The van der Waals surface area contributed by atoms with E-state index < -0.39 is 27.8 Å². The first-order chi connectivity index (χ1) is 12.3. The zero-order valence-corrected chi connectivity index (χ0v) is 16.6. The molecular weight excluding hydrogens is 447 g/mol. The Labute approximate surface area is 164 Å². The number of nitrogens with zero attached hydrogens (tertiary/aromatic N) is 1. The van der Waals surface area contributed by atoms with E-state index in [2.05, 4.69) is 21.2 Å². The van der Waals surface area contributed by atoms with Gasteiger partial charge in [0.25, 0.3) is 0 Å². The van der Waals surface area contributed by atoms with Crippen molar-refractivity contribution in [1.82, 2.24) is 4.31 Å². The summed E-state index contributed by atoms with van der Waals surface area (Å²) in [6, 6.07) is 9.20. The van der Waals surface area contributed by atoms with Crippen molar-refractivity contribution in [2.75, 3.05) is 11.9 Å². The molecule has 1 N–H and O–H groups in total. The Kier molecular flexibility index (Phi) is 5.67. The van der Waals surface area contributed by atoms with E-state index in [9.17, 15) is 17.6 Å². The van der Waals surface area contributed by atoms with E-state index in [1.807, 2.05) is 0 Å². The third kappa shape index (κ3) is 3.93. The van der Waals surface area contributed by atoms with Crippen LogP contribution in [0, 0.1) is 5.82 Å². The quantitative estimate of drug-likeness (QED) is 0.747. The summed E-state index contributed by atoms with van der Waals surface area (Å²) in [5, 5.41) is 2.66. The Morgan fingerprint density at radius 2 is 1.92 bits per heavy atom. The summed E-state index contributed by atoms with van der Waals surface area (Å²) in [4.78, 5) is 12.7. The van der Waals surface area contributed by atoms with E-state index >= 15 is 0 Å². The fraction of sp³-hybridized carbons (Fsp3) is 0.235. The molecule has 3 rings (SSSR count). The topological polar surface area (TPSA) is 66.5 Å². The van der Waals surface area contributed by atoms with Crippen LogP contribution in [0.1, 0.15) is 12.8 Å². The zero-order chi connectivity index (χ0) is 18.9. The molecule has 0 radical (unpaired) electrons. The van der Waals surface area contributed by atoms with Gasteiger partial charge in [0.1, 0.15) is 11.9 Å². The molecule has 5 nitrogen and oxygen atoms in total. The standard InChI is InChI=1S/C17H15BrClFN2O3S/c18-11-3-6-13(7-4-11)26(24,25)22-9-1-2-16(22)17(23)21-15-8-5-12(19)10-14(15)20/h3-8,10,16H,1-2,9H2,(H,21,23)/t16-/m1/s1. The minimum Gasteiger partial charge on any atom is -0.322 e. The molecule has 0 saturated carbocycles. The average molecular weight is 462 g/mol. The van der Waals surface area contributed by atoms with Crippen molar-refractivity contribution in [2.24, 2.45) is 0 Å². The predicted octanol–water partition coefficient (Wildman–Crippen LogP) is 4.03. The second-order valence-corrected chi connectivity index (χ2v) is 9.08.